The molecule has 0 unspecified atom stereocenters. The largest absolute Gasteiger partial charge is 0.497 e. The van der Waals surface area contributed by atoms with Crippen LogP contribution >= 0.6 is 11.6 Å². The molecule has 0 aromatic heterocycles. The van der Waals surface area contributed by atoms with E-state index in [9.17, 15) is 18.3 Å². The minimum atomic E-state index is -3.36. The number of benzene rings is 1. The van der Waals surface area contributed by atoms with E-state index in [1.54, 1.807) is 24.3 Å². The quantitative estimate of drug-likeness (QED) is 0.808. The van der Waals surface area contributed by atoms with Gasteiger partial charge in [-0.15, -0.1) is 11.6 Å². The Bertz CT molecular complexity index is 616. The topological polar surface area (TPSA) is 83.9 Å². The minimum Gasteiger partial charge on any atom is -0.497 e. The highest BCUT2D eigenvalue weighted by atomic mass is 35.5. The lowest BCUT2D eigenvalue weighted by atomic mass is 10.1. The Morgan fingerprint density at radius 2 is 2.00 bits per heavy atom. The molecule has 6 nitrogen and oxygen atoms in total. The lowest BCUT2D eigenvalue weighted by Crippen LogP contribution is -2.47. The highest BCUT2D eigenvalue weighted by Crippen LogP contribution is 2.27. The smallest absolute Gasteiger partial charge is 0.242 e. The van der Waals surface area contributed by atoms with Gasteiger partial charge in [0.2, 0.25) is 5.91 Å². The van der Waals surface area contributed by atoms with Gasteiger partial charge >= 0.3 is 0 Å². The first kappa shape index (κ1) is 16.1. The fourth-order valence-electron chi connectivity index (χ4n) is 2.38. The molecule has 1 saturated heterocycles. The molecule has 0 radical (unpaired) electrons. The van der Waals surface area contributed by atoms with Crippen molar-refractivity contribution >= 4 is 33.0 Å². The van der Waals surface area contributed by atoms with Crippen molar-refractivity contribution in [1.82, 2.24) is 0 Å². The molecule has 1 aliphatic heterocycles. The summed E-state index contributed by atoms with van der Waals surface area (Å²) in [4.78, 5) is 13.3. The first-order chi connectivity index (χ1) is 9.88. The maximum absolute atomic E-state index is 12.1. The predicted molar refractivity (Wildman–Crippen MR) is 79.6 cm³/mol. The number of aliphatic hydroxyl groups excluding tert-OH is 1. The van der Waals surface area contributed by atoms with Gasteiger partial charge in [0.25, 0.3) is 0 Å². The lowest BCUT2D eigenvalue weighted by Gasteiger charge is -2.30. The summed E-state index contributed by atoms with van der Waals surface area (Å²) in [6.45, 7) is 0. The zero-order valence-electron chi connectivity index (χ0n) is 11.4. The Kier molecular flexibility index (Phi) is 4.75. The van der Waals surface area contributed by atoms with Gasteiger partial charge in [-0.3, -0.25) is 4.79 Å². The van der Waals surface area contributed by atoms with Gasteiger partial charge in [-0.05, 0) is 24.3 Å². The van der Waals surface area contributed by atoms with Gasteiger partial charge in [0.15, 0.2) is 9.84 Å². The van der Waals surface area contributed by atoms with Crippen molar-refractivity contribution in [2.45, 2.75) is 12.1 Å². The SMILES string of the molecule is COc1ccc(N(C(=O)CCl)[C@@H]2CS(=O)(=O)C[C@@H]2O)cc1. The van der Waals surface area contributed by atoms with Crippen LogP contribution in [0.4, 0.5) is 5.69 Å². The molecule has 0 aliphatic carbocycles. The Balaban J connectivity index is 2.36. The molecule has 116 valence electrons. The van der Waals surface area contributed by atoms with E-state index < -0.39 is 27.9 Å². The number of alkyl halides is 1. The molecule has 1 aromatic rings. The first-order valence-electron chi connectivity index (χ1n) is 6.28. The van der Waals surface area contributed by atoms with E-state index in [4.69, 9.17) is 16.3 Å². The molecule has 0 bridgehead atoms. The average Bonchev–Trinajstić information content (AvgIpc) is 2.72. The maximum Gasteiger partial charge on any atom is 0.242 e. The van der Waals surface area contributed by atoms with Gasteiger partial charge in [-0.25, -0.2) is 8.42 Å². The van der Waals surface area contributed by atoms with E-state index in [1.165, 1.54) is 12.0 Å². The number of carbonyl (C=O) groups excluding carboxylic acids is 1. The van der Waals surface area contributed by atoms with Crippen LogP contribution in [-0.4, -0.2) is 56.1 Å². The minimum absolute atomic E-state index is 0.275. The fraction of sp³-hybridized carbons (Fsp3) is 0.462. The summed E-state index contributed by atoms with van der Waals surface area (Å²) in [6.07, 6.45) is -1.12. The molecule has 1 aliphatic rings. The van der Waals surface area contributed by atoms with Crippen LogP contribution in [-0.2, 0) is 14.6 Å². The van der Waals surface area contributed by atoms with Crippen LogP contribution in [0.5, 0.6) is 5.75 Å². The predicted octanol–water partition coefficient (Wildman–Crippen LogP) is 0.425. The van der Waals surface area contributed by atoms with Gasteiger partial charge < -0.3 is 14.7 Å². The molecule has 2 atom stereocenters. The number of methoxy groups -OCH3 is 1. The van der Waals surface area contributed by atoms with Crippen molar-refractivity contribution in [3.05, 3.63) is 24.3 Å². The van der Waals surface area contributed by atoms with E-state index in [-0.39, 0.29) is 17.4 Å². The van der Waals surface area contributed by atoms with Gasteiger partial charge in [-0.2, -0.15) is 0 Å². The number of amides is 1. The number of sulfone groups is 1. The Morgan fingerprint density at radius 1 is 1.38 bits per heavy atom. The Labute approximate surface area is 128 Å². The zero-order valence-corrected chi connectivity index (χ0v) is 13.0. The molecular weight excluding hydrogens is 318 g/mol. The summed E-state index contributed by atoms with van der Waals surface area (Å²) in [7, 11) is -1.85. The number of nitrogens with zero attached hydrogens (tertiary/aromatic N) is 1. The van der Waals surface area contributed by atoms with Crippen molar-refractivity contribution < 1.29 is 23.1 Å². The molecule has 8 heteroatoms. The number of aliphatic hydroxyl groups is 1. The molecule has 1 heterocycles. The van der Waals surface area contributed by atoms with E-state index in [0.717, 1.165) is 0 Å². The zero-order chi connectivity index (χ0) is 15.6. The molecule has 0 spiro atoms. The molecule has 21 heavy (non-hydrogen) atoms. The standard InChI is InChI=1S/C13H16ClNO5S/c1-20-10-4-2-9(3-5-10)15(13(17)6-14)11-7-21(18,19)8-12(11)16/h2-5,11-12,16H,6-8H2,1H3/t11-,12+/m1/s1. The first-order valence-corrected chi connectivity index (χ1v) is 8.64. The van der Waals surface area contributed by atoms with Gasteiger partial charge in [0, 0.05) is 5.69 Å². The van der Waals surface area contributed by atoms with E-state index in [1.807, 2.05) is 0 Å². The van der Waals surface area contributed by atoms with Crippen molar-refractivity contribution in [2.24, 2.45) is 0 Å². The summed E-state index contributed by atoms with van der Waals surface area (Å²) in [6, 6.07) is 5.73. The lowest BCUT2D eigenvalue weighted by molar-refractivity contribution is -0.117. The summed E-state index contributed by atoms with van der Waals surface area (Å²) in [5, 5.41) is 9.96. The number of ether oxygens (including phenoxy) is 1. The van der Waals surface area contributed by atoms with Crippen LogP contribution < -0.4 is 9.64 Å². The number of hydrogen-bond donors (Lipinski definition) is 1. The summed E-state index contributed by atoms with van der Waals surface area (Å²) in [5.41, 5.74) is 0.475. The van der Waals surface area contributed by atoms with E-state index >= 15 is 0 Å². The van der Waals surface area contributed by atoms with Crippen LogP contribution in [0.3, 0.4) is 0 Å². The summed E-state index contributed by atoms with van der Waals surface area (Å²) < 4.78 is 28.3. The average molecular weight is 334 g/mol. The highest BCUT2D eigenvalue weighted by molar-refractivity contribution is 7.91. The second-order valence-electron chi connectivity index (χ2n) is 4.81. The second-order valence-corrected chi connectivity index (χ2v) is 7.23. The summed E-state index contributed by atoms with van der Waals surface area (Å²) >= 11 is 5.61. The van der Waals surface area contributed by atoms with E-state index in [2.05, 4.69) is 0 Å². The molecule has 1 N–H and O–H groups in total. The Hall–Kier alpha value is -1.31. The third kappa shape index (κ3) is 3.48. The molecule has 0 saturated carbocycles. The molecule has 1 amide bonds. The molecule has 1 aromatic carbocycles. The van der Waals surface area contributed by atoms with Gasteiger partial charge in [-0.1, -0.05) is 0 Å². The van der Waals surface area contributed by atoms with Crippen LogP contribution in [0.25, 0.3) is 0 Å². The number of anilines is 1. The third-order valence-electron chi connectivity index (χ3n) is 3.36. The highest BCUT2D eigenvalue weighted by Gasteiger charge is 2.42. The Morgan fingerprint density at radius 3 is 2.43 bits per heavy atom. The maximum atomic E-state index is 12.1. The van der Waals surface area contributed by atoms with Gasteiger partial charge in [0.05, 0.1) is 30.8 Å². The van der Waals surface area contributed by atoms with Crippen molar-refractivity contribution in [3.63, 3.8) is 0 Å². The molecule has 1 fully saturated rings. The van der Waals surface area contributed by atoms with Crippen molar-refractivity contribution in [3.8, 4) is 5.75 Å². The van der Waals surface area contributed by atoms with Crippen molar-refractivity contribution in [2.75, 3.05) is 29.4 Å². The van der Waals surface area contributed by atoms with E-state index in [0.29, 0.717) is 11.4 Å². The van der Waals surface area contributed by atoms with Crippen LogP contribution in [0.1, 0.15) is 0 Å². The van der Waals surface area contributed by atoms with Crippen LogP contribution in [0.2, 0.25) is 0 Å². The molecular formula is C13H16ClNO5S. The number of rotatable bonds is 4. The van der Waals surface area contributed by atoms with Crippen LogP contribution in [0.15, 0.2) is 24.3 Å². The third-order valence-corrected chi connectivity index (χ3v) is 5.29. The van der Waals surface area contributed by atoms with Crippen LogP contribution in [0, 0.1) is 0 Å². The normalized spacial score (nSPS) is 23.8. The van der Waals surface area contributed by atoms with Crippen molar-refractivity contribution in [1.29, 1.82) is 0 Å². The van der Waals surface area contributed by atoms with Gasteiger partial charge in [0.1, 0.15) is 11.6 Å². The monoisotopic (exact) mass is 333 g/mol. The molecule has 2 rings (SSSR count). The fourth-order valence-corrected chi connectivity index (χ4v) is 4.28. The number of carbonyl (C=O) groups is 1. The number of hydrogen-bond acceptors (Lipinski definition) is 5. The second kappa shape index (κ2) is 6.21. The number of halogens is 1. The summed E-state index contributed by atoms with van der Waals surface area (Å²) in [5.74, 6) is -0.766.